The number of carbonyl (C=O) groups is 1. The second-order valence-electron chi connectivity index (χ2n) is 3.59. The average Bonchev–Trinajstić information content (AvgIpc) is 1.56. The molecule has 0 spiro atoms. The molecule has 1 amide bonds. The summed E-state index contributed by atoms with van der Waals surface area (Å²) in [6, 6.07) is 0. The Bertz CT molecular complexity index is 160. The fraction of sp³-hybridized carbons (Fsp3) is 0.857. The zero-order chi connectivity index (χ0) is 9.28. The van der Waals surface area contributed by atoms with E-state index in [0.29, 0.717) is 0 Å². The third-order valence-corrected chi connectivity index (χ3v) is 3.47. The Morgan fingerprint density at radius 1 is 1.36 bits per heavy atom. The second-order valence-corrected chi connectivity index (χ2v) is 5.65. The van der Waals surface area contributed by atoms with Gasteiger partial charge in [0, 0.05) is 5.41 Å². The Morgan fingerprint density at radius 3 is 1.82 bits per heavy atom. The van der Waals surface area contributed by atoms with E-state index in [0.717, 1.165) is 0 Å². The second kappa shape index (κ2) is 3.16. The van der Waals surface area contributed by atoms with Gasteiger partial charge < -0.3 is 10.5 Å². The van der Waals surface area contributed by atoms with Crippen molar-refractivity contribution in [2.75, 3.05) is 0 Å². The molecule has 4 heteroatoms. The summed E-state index contributed by atoms with van der Waals surface area (Å²) < 4.78 is 4.38. The van der Waals surface area contributed by atoms with Gasteiger partial charge in [-0.15, -0.1) is 0 Å². The number of rotatable bonds is 1. The van der Waals surface area contributed by atoms with Crippen molar-refractivity contribution in [2.24, 2.45) is 11.1 Å². The van der Waals surface area contributed by atoms with Crippen LogP contribution in [0.3, 0.4) is 0 Å². The minimum Gasteiger partial charge on any atom is -0.432 e. The van der Waals surface area contributed by atoms with Crippen LogP contribution in [0.5, 0.6) is 0 Å². The molecule has 2 N–H and O–H groups in total. The highest BCUT2D eigenvalue weighted by Gasteiger charge is 2.38. The molecule has 0 aromatic rings. The van der Waals surface area contributed by atoms with Crippen molar-refractivity contribution in [1.29, 1.82) is 0 Å². The van der Waals surface area contributed by atoms with Gasteiger partial charge in [0.05, 0.1) is 0 Å². The third kappa shape index (κ3) is 3.27. The van der Waals surface area contributed by atoms with E-state index in [9.17, 15) is 4.79 Å². The number of alkyl halides is 1. The first kappa shape index (κ1) is 11.0. The van der Waals surface area contributed by atoms with E-state index in [1.165, 1.54) is 0 Å². The third-order valence-electron chi connectivity index (χ3n) is 1.63. The summed E-state index contributed by atoms with van der Waals surface area (Å²) in [5.74, 6) is 0. The Kier molecular flexibility index (Phi) is 3.16. The lowest BCUT2D eigenvalue weighted by molar-refractivity contribution is 0.0363. The van der Waals surface area contributed by atoms with E-state index in [1.54, 1.807) is 0 Å². The zero-order valence-corrected chi connectivity index (χ0v) is 9.43. The summed E-state index contributed by atoms with van der Waals surface area (Å²) in [4.78, 5) is 10.5. The topological polar surface area (TPSA) is 52.3 Å². The number of ether oxygens (including phenoxy) is 1. The van der Waals surface area contributed by atoms with Crippen LogP contribution in [0.15, 0.2) is 0 Å². The van der Waals surface area contributed by atoms with Gasteiger partial charge in [-0.1, -0.05) is 20.8 Å². The van der Waals surface area contributed by atoms with Gasteiger partial charge in [-0.05, 0) is 29.5 Å². The molecule has 0 saturated carbocycles. The summed E-state index contributed by atoms with van der Waals surface area (Å²) in [5.41, 5.74) is 4.80. The highest BCUT2D eigenvalue weighted by molar-refractivity contribution is 14.1. The lowest BCUT2D eigenvalue weighted by Crippen LogP contribution is -2.39. The van der Waals surface area contributed by atoms with Gasteiger partial charge in [-0.25, -0.2) is 4.79 Å². The Labute approximate surface area is 80.8 Å². The Balaban J connectivity index is 4.34. The largest absolute Gasteiger partial charge is 0.432 e. The Hall–Kier alpha value is 0. The summed E-state index contributed by atoms with van der Waals surface area (Å²) in [7, 11) is 0. The van der Waals surface area contributed by atoms with Crippen molar-refractivity contribution >= 4 is 28.7 Å². The molecule has 0 fully saturated rings. The maximum atomic E-state index is 10.5. The van der Waals surface area contributed by atoms with E-state index >= 15 is 0 Å². The number of halogens is 1. The maximum Gasteiger partial charge on any atom is 0.405 e. The van der Waals surface area contributed by atoms with Crippen LogP contribution in [-0.2, 0) is 4.74 Å². The first-order valence-corrected chi connectivity index (χ1v) is 4.42. The Morgan fingerprint density at radius 2 is 1.73 bits per heavy atom. The smallest absolute Gasteiger partial charge is 0.405 e. The molecule has 0 heterocycles. The number of amides is 1. The van der Waals surface area contributed by atoms with Crippen LogP contribution >= 0.6 is 22.6 Å². The van der Waals surface area contributed by atoms with Gasteiger partial charge in [-0.2, -0.15) is 0 Å². The molecule has 0 aromatic carbocycles. The van der Waals surface area contributed by atoms with Crippen molar-refractivity contribution in [3.63, 3.8) is 0 Å². The standard InChI is InChI=1S/C7H14INO2/c1-6(2,3)7(4,8)11-5(9)10/h1-4H3,(H2,9,10). The predicted molar refractivity (Wildman–Crippen MR) is 52.5 cm³/mol. The molecule has 0 aliphatic carbocycles. The van der Waals surface area contributed by atoms with Crippen molar-refractivity contribution in [1.82, 2.24) is 0 Å². The molecule has 1 atom stereocenters. The fourth-order valence-corrected chi connectivity index (χ4v) is 0.559. The van der Waals surface area contributed by atoms with Crippen molar-refractivity contribution in [3.05, 3.63) is 0 Å². The summed E-state index contributed by atoms with van der Waals surface area (Å²) in [5, 5.41) is 0. The number of hydrogen-bond acceptors (Lipinski definition) is 2. The van der Waals surface area contributed by atoms with Gasteiger partial charge in [0.25, 0.3) is 0 Å². The molecule has 66 valence electrons. The van der Waals surface area contributed by atoms with Crippen LogP contribution < -0.4 is 5.73 Å². The SMILES string of the molecule is CC(C)(C)C(C)(I)OC(N)=O. The molecule has 0 saturated heterocycles. The van der Waals surface area contributed by atoms with Gasteiger partial charge in [0.1, 0.15) is 0 Å². The van der Waals surface area contributed by atoms with E-state index in [2.05, 4.69) is 22.6 Å². The van der Waals surface area contributed by atoms with Gasteiger partial charge in [-0.3, -0.25) is 0 Å². The number of primary amides is 1. The summed E-state index contributed by atoms with van der Waals surface area (Å²) in [6.07, 6.45) is -0.725. The normalized spacial score (nSPS) is 17.2. The first-order chi connectivity index (χ1) is 4.67. The molecule has 0 aromatic heterocycles. The minimum absolute atomic E-state index is 0.109. The molecule has 0 aliphatic heterocycles. The van der Waals surface area contributed by atoms with Gasteiger partial charge >= 0.3 is 6.09 Å². The molecule has 0 rings (SSSR count). The highest BCUT2D eigenvalue weighted by Crippen LogP contribution is 2.39. The van der Waals surface area contributed by atoms with Gasteiger partial charge in [0.2, 0.25) is 0 Å². The van der Waals surface area contributed by atoms with Crippen LogP contribution in [0, 0.1) is 5.41 Å². The van der Waals surface area contributed by atoms with E-state index in [1.807, 2.05) is 27.7 Å². The fourth-order valence-electron chi connectivity index (χ4n) is 0.342. The number of nitrogens with two attached hydrogens (primary N) is 1. The molecule has 0 aliphatic rings. The summed E-state index contributed by atoms with van der Waals surface area (Å²) in [6.45, 7) is 7.80. The lowest BCUT2D eigenvalue weighted by Gasteiger charge is -2.35. The van der Waals surface area contributed by atoms with E-state index < -0.39 is 9.70 Å². The van der Waals surface area contributed by atoms with Crippen molar-refractivity contribution in [2.45, 2.75) is 31.3 Å². The highest BCUT2D eigenvalue weighted by atomic mass is 127. The van der Waals surface area contributed by atoms with Crippen molar-refractivity contribution in [3.8, 4) is 0 Å². The van der Waals surface area contributed by atoms with Crippen LogP contribution in [0.2, 0.25) is 0 Å². The molecule has 3 nitrogen and oxygen atoms in total. The monoisotopic (exact) mass is 271 g/mol. The summed E-state index contributed by atoms with van der Waals surface area (Å²) >= 11 is 2.07. The van der Waals surface area contributed by atoms with Crippen LogP contribution in [-0.4, -0.2) is 9.70 Å². The van der Waals surface area contributed by atoms with Crippen LogP contribution in [0.1, 0.15) is 27.7 Å². The predicted octanol–water partition coefficient (Wildman–Crippen LogP) is 2.28. The molecule has 1 unspecified atom stereocenters. The van der Waals surface area contributed by atoms with E-state index in [-0.39, 0.29) is 5.41 Å². The van der Waals surface area contributed by atoms with E-state index in [4.69, 9.17) is 10.5 Å². The number of carbonyl (C=O) groups excluding carboxylic acids is 1. The molecular formula is C7H14INO2. The molecule has 0 bridgehead atoms. The van der Waals surface area contributed by atoms with Crippen LogP contribution in [0.4, 0.5) is 4.79 Å². The first-order valence-electron chi connectivity index (χ1n) is 3.34. The lowest BCUT2D eigenvalue weighted by atomic mass is 9.90. The maximum absolute atomic E-state index is 10.5. The molecule has 0 radical (unpaired) electrons. The zero-order valence-electron chi connectivity index (χ0n) is 7.27. The van der Waals surface area contributed by atoms with Crippen molar-refractivity contribution < 1.29 is 9.53 Å². The van der Waals surface area contributed by atoms with Gasteiger partial charge in [0.15, 0.2) is 3.61 Å². The quantitative estimate of drug-likeness (QED) is 0.587. The average molecular weight is 271 g/mol. The number of hydrogen-bond donors (Lipinski definition) is 1. The molecule has 11 heavy (non-hydrogen) atoms. The minimum atomic E-state index is -0.725. The molecular weight excluding hydrogens is 257 g/mol. The van der Waals surface area contributed by atoms with Crippen LogP contribution in [0.25, 0.3) is 0 Å².